The minimum absolute atomic E-state index is 0.0423. The number of carbonyl (C=O) groups excluding carboxylic acids is 1. The summed E-state index contributed by atoms with van der Waals surface area (Å²) in [5, 5.41) is 16.1. The van der Waals surface area contributed by atoms with Crippen molar-refractivity contribution in [3.05, 3.63) is 42.0 Å². The van der Waals surface area contributed by atoms with Crippen molar-refractivity contribution in [3.8, 4) is 5.69 Å². The third kappa shape index (κ3) is 3.17. The van der Waals surface area contributed by atoms with Crippen molar-refractivity contribution in [2.24, 2.45) is 0 Å². The van der Waals surface area contributed by atoms with Crippen LogP contribution in [0.5, 0.6) is 0 Å². The van der Waals surface area contributed by atoms with E-state index < -0.39 is 0 Å². The highest BCUT2D eigenvalue weighted by Crippen LogP contribution is 2.39. The zero-order chi connectivity index (χ0) is 15.5. The lowest BCUT2D eigenvalue weighted by Gasteiger charge is -2.10. The number of hydrogen-bond acceptors (Lipinski definition) is 4. The van der Waals surface area contributed by atoms with E-state index in [2.05, 4.69) is 15.4 Å². The average molecular weight is 300 g/mol. The molecule has 2 N–H and O–H groups in total. The van der Waals surface area contributed by atoms with Crippen molar-refractivity contribution >= 4 is 5.91 Å². The minimum atomic E-state index is -0.294. The molecule has 1 amide bonds. The van der Waals surface area contributed by atoms with Gasteiger partial charge in [-0.15, -0.1) is 5.10 Å². The molecule has 116 valence electrons. The fraction of sp³-hybridized carbons (Fsp3) is 0.438. The van der Waals surface area contributed by atoms with E-state index in [1.54, 1.807) is 4.68 Å². The van der Waals surface area contributed by atoms with E-state index in [1.807, 2.05) is 37.3 Å². The molecule has 3 rings (SSSR count). The van der Waals surface area contributed by atoms with Crippen LogP contribution >= 0.6 is 0 Å². The number of aromatic nitrogens is 3. The van der Waals surface area contributed by atoms with Crippen molar-refractivity contribution in [1.29, 1.82) is 0 Å². The Morgan fingerprint density at radius 2 is 2.14 bits per heavy atom. The van der Waals surface area contributed by atoms with Gasteiger partial charge in [0.2, 0.25) is 5.82 Å². The van der Waals surface area contributed by atoms with Crippen LogP contribution < -0.4 is 5.32 Å². The molecule has 1 aliphatic carbocycles. The van der Waals surface area contributed by atoms with Gasteiger partial charge in [0.15, 0.2) is 0 Å². The molecule has 0 spiro atoms. The Labute approximate surface area is 129 Å². The molecule has 6 heteroatoms. The fourth-order valence-electron chi connectivity index (χ4n) is 2.34. The molecule has 22 heavy (non-hydrogen) atoms. The van der Waals surface area contributed by atoms with Crippen molar-refractivity contribution in [2.45, 2.75) is 38.1 Å². The van der Waals surface area contributed by atoms with Gasteiger partial charge in [-0.25, -0.2) is 9.67 Å². The lowest BCUT2D eigenvalue weighted by Crippen LogP contribution is -2.34. The van der Waals surface area contributed by atoms with Crippen LogP contribution in [0.1, 0.15) is 48.5 Å². The number of carbonyl (C=O) groups is 1. The Morgan fingerprint density at radius 1 is 1.41 bits per heavy atom. The molecule has 6 nitrogen and oxygen atoms in total. The Morgan fingerprint density at radius 3 is 2.77 bits per heavy atom. The first-order chi connectivity index (χ1) is 10.7. The van der Waals surface area contributed by atoms with Gasteiger partial charge in [0.25, 0.3) is 5.91 Å². The number of nitrogens with one attached hydrogen (secondary N) is 1. The molecular formula is C16H20N4O2. The van der Waals surface area contributed by atoms with Gasteiger partial charge < -0.3 is 10.4 Å². The lowest BCUT2D eigenvalue weighted by molar-refractivity contribution is 0.0924. The van der Waals surface area contributed by atoms with Crippen LogP contribution in [0, 0.1) is 0 Å². The summed E-state index contributed by atoms with van der Waals surface area (Å²) in [5.41, 5.74) is 0.916. The summed E-state index contributed by atoms with van der Waals surface area (Å²) in [6.07, 6.45) is 2.70. The minimum Gasteiger partial charge on any atom is -0.396 e. The first-order valence-electron chi connectivity index (χ1n) is 7.63. The quantitative estimate of drug-likeness (QED) is 0.850. The summed E-state index contributed by atoms with van der Waals surface area (Å²) in [4.78, 5) is 16.7. The number of hydrogen-bond donors (Lipinski definition) is 2. The smallest absolute Gasteiger partial charge is 0.291 e. The van der Waals surface area contributed by atoms with Gasteiger partial charge in [0.1, 0.15) is 5.82 Å². The molecule has 1 aromatic carbocycles. The van der Waals surface area contributed by atoms with Crippen LogP contribution in [0.2, 0.25) is 0 Å². The summed E-state index contributed by atoms with van der Waals surface area (Å²) >= 11 is 0. The molecule has 1 aliphatic rings. The first kappa shape index (κ1) is 14.7. The normalized spacial score (nSPS) is 15.5. The number of rotatable bonds is 6. The molecule has 0 bridgehead atoms. The fourth-order valence-corrected chi connectivity index (χ4v) is 2.34. The number of para-hydroxylation sites is 1. The van der Waals surface area contributed by atoms with Gasteiger partial charge in [-0.2, -0.15) is 0 Å². The number of aliphatic hydroxyl groups excluding tert-OH is 1. The highest BCUT2D eigenvalue weighted by Gasteiger charge is 2.31. The Kier molecular flexibility index (Phi) is 4.20. The van der Waals surface area contributed by atoms with Gasteiger partial charge in [-0.1, -0.05) is 18.2 Å². The van der Waals surface area contributed by atoms with Crippen LogP contribution in [0.4, 0.5) is 0 Å². The Hall–Kier alpha value is -2.21. The molecule has 0 radical (unpaired) electrons. The maximum absolute atomic E-state index is 12.2. The van der Waals surface area contributed by atoms with Gasteiger partial charge >= 0.3 is 0 Å². The third-order valence-corrected chi connectivity index (χ3v) is 3.72. The van der Waals surface area contributed by atoms with Crippen LogP contribution in [-0.2, 0) is 0 Å². The zero-order valence-electron chi connectivity index (χ0n) is 12.6. The predicted molar refractivity (Wildman–Crippen MR) is 82.0 cm³/mol. The van der Waals surface area contributed by atoms with E-state index in [0.717, 1.165) is 24.4 Å². The van der Waals surface area contributed by atoms with Gasteiger partial charge in [0.05, 0.1) is 5.69 Å². The van der Waals surface area contributed by atoms with E-state index in [1.165, 1.54) is 0 Å². The SMILES string of the molecule is CC(CCO)NC(=O)c1nc(C2CC2)n(-c2ccccc2)n1. The highest BCUT2D eigenvalue weighted by molar-refractivity contribution is 5.90. The molecule has 0 aliphatic heterocycles. The third-order valence-electron chi connectivity index (χ3n) is 3.72. The van der Waals surface area contributed by atoms with E-state index in [0.29, 0.717) is 12.3 Å². The summed E-state index contributed by atoms with van der Waals surface area (Å²) < 4.78 is 1.77. The summed E-state index contributed by atoms with van der Waals surface area (Å²) in [7, 11) is 0. The van der Waals surface area contributed by atoms with Crippen LogP contribution in [0.3, 0.4) is 0 Å². The van der Waals surface area contributed by atoms with E-state index >= 15 is 0 Å². The highest BCUT2D eigenvalue weighted by atomic mass is 16.3. The second kappa shape index (κ2) is 6.27. The molecule has 1 aromatic heterocycles. The monoisotopic (exact) mass is 300 g/mol. The first-order valence-corrected chi connectivity index (χ1v) is 7.63. The van der Waals surface area contributed by atoms with Crippen molar-refractivity contribution in [3.63, 3.8) is 0 Å². The van der Waals surface area contributed by atoms with Crippen LogP contribution in [-0.4, -0.2) is 38.4 Å². The van der Waals surface area contributed by atoms with E-state index in [9.17, 15) is 4.79 Å². The van der Waals surface area contributed by atoms with Gasteiger partial charge in [-0.3, -0.25) is 4.79 Å². The molecule has 1 heterocycles. The molecule has 1 atom stereocenters. The van der Waals surface area contributed by atoms with E-state index in [4.69, 9.17) is 5.11 Å². The van der Waals surface area contributed by atoms with Crippen LogP contribution in [0.15, 0.2) is 30.3 Å². The summed E-state index contributed by atoms with van der Waals surface area (Å²) in [6.45, 7) is 1.89. The zero-order valence-corrected chi connectivity index (χ0v) is 12.6. The average Bonchev–Trinajstić information content (AvgIpc) is 3.26. The predicted octanol–water partition coefficient (Wildman–Crippen LogP) is 1.65. The standard InChI is InChI=1S/C16H20N4O2/c1-11(9-10-21)17-16(22)14-18-15(12-7-8-12)20(19-14)13-5-3-2-4-6-13/h2-6,11-12,21H,7-10H2,1H3,(H,17,22). The molecule has 1 saturated carbocycles. The number of amides is 1. The molecular weight excluding hydrogens is 280 g/mol. The lowest BCUT2D eigenvalue weighted by atomic mass is 10.2. The molecule has 2 aromatic rings. The Bertz CT molecular complexity index is 649. The second-order valence-corrected chi connectivity index (χ2v) is 5.70. The van der Waals surface area contributed by atoms with Gasteiger partial charge in [-0.05, 0) is 38.3 Å². The van der Waals surface area contributed by atoms with Crippen LogP contribution in [0.25, 0.3) is 5.69 Å². The molecule has 0 saturated heterocycles. The van der Waals surface area contributed by atoms with Crippen molar-refractivity contribution in [2.75, 3.05) is 6.61 Å². The molecule has 1 unspecified atom stereocenters. The second-order valence-electron chi connectivity index (χ2n) is 5.70. The maximum atomic E-state index is 12.2. The maximum Gasteiger partial charge on any atom is 0.291 e. The number of benzene rings is 1. The summed E-state index contributed by atoms with van der Waals surface area (Å²) in [6, 6.07) is 9.63. The number of aliphatic hydroxyl groups is 1. The molecule has 1 fully saturated rings. The van der Waals surface area contributed by atoms with Crippen molar-refractivity contribution < 1.29 is 9.90 Å². The Balaban J connectivity index is 1.86. The van der Waals surface area contributed by atoms with E-state index in [-0.39, 0.29) is 24.4 Å². The van der Waals surface area contributed by atoms with Gasteiger partial charge in [0, 0.05) is 18.6 Å². The number of nitrogens with zero attached hydrogens (tertiary/aromatic N) is 3. The topological polar surface area (TPSA) is 80.0 Å². The van der Waals surface area contributed by atoms with Crippen molar-refractivity contribution in [1.82, 2.24) is 20.1 Å². The largest absolute Gasteiger partial charge is 0.396 e. The summed E-state index contributed by atoms with van der Waals surface area (Å²) in [5.74, 6) is 1.14.